The summed E-state index contributed by atoms with van der Waals surface area (Å²) in [6.45, 7) is 0.146. The predicted molar refractivity (Wildman–Crippen MR) is 63.3 cm³/mol. The van der Waals surface area contributed by atoms with E-state index in [9.17, 15) is 4.79 Å². The molecule has 16 heavy (non-hydrogen) atoms. The summed E-state index contributed by atoms with van der Waals surface area (Å²) in [6.07, 6.45) is 8.59. The molecule has 1 aliphatic carbocycles. The fourth-order valence-electron chi connectivity index (χ4n) is 1.60. The minimum absolute atomic E-state index is 0.0197. The summed E-state index contributed by atoms with van der Waals surface area (Å²) in [5.74, 6) is 0.851. The SMILES string of the molecule is O=C(COc1ccccc1)C1C=CC=CC1. The number of hydrogen-bond acceptors (Lipinski definition) is 2. The maximum atomic E-state index is 11.8. The van der Waals surface area contributed by atoms with Gasteiger partial charge in [-0.2, -0.15) is 0 Å². The number of ketones is 1. The maximum Gasteiger partial charge on any atom is 0.177 e. The van der Waals surface area contributed by atoms with E-state index >= 15 is 0 Å². The molecule has 0 bridgehead atoms. The number of carbonyl (C=O) groups excluding carboxylic acids is 1. The zero-order chi connectivity index (χ0) is 11.2. The Hall–Kier alpha value is -1.83. The molecule has 2 rings (SSSR count). The van der Waals surface area contributed by atoms with Gasteiger partial charge in [0.2, 0.25) is 0 Å². The Morgan fingerprint density at radius 2 is 2.06 bits per heavy atom. The number of para-hydroxylation sites is 1. The molecule has 1 atom stereocenters. The molecule has 0 radical (unpaired) electrons. The average Bonchev–Trinajstić information content (AvgIpc) is 2.38. The van der Waals surface area contributed by atoms with E-state index in [2.05, 4.69) is 0 Å². The molecular weight excluding hydrogens is 200 g/mol. The van der Waals surface area contributed by atoms with Gasteiger partial charge in [-0.15, -0.1) is 0 Å². The molecule has 1 aliphatic rings. The molecule has 0 amide bonds. The first kappa shape index (κ1) is 10.7. The molecule has 1 aromatic carbocycles. The molecule has 1 aromatic rings. The van der Waals surface area contributed by atoms with E-state index in [1.165, 1.54) is 0 Å². The monoisotopic (exact) mass is 214 g/mol. The van der Waals surface area contributed by atoms with Gasteiger partial charge in [-0.25, -0.2) is 0 Å². The lowest BCUT2D eigenvalue weighted by atomic mass is 9.97. The second-order valence-corrected chi connectivity index (χ2v) is 3.72. The second kappa shape index (κ2) is 5.31. The van der Waals surface area contributed by atoms with Crippen LogP contribution in [0.25, 0.3) is 0 Å². The van der Waals surface area contributed by atoms with Crippen molar-refractivity contribution in [1.82, 2.24) is 0 Å². The third-order valence-electron chi connectivity index (χ3n) is 2.52. The first-order valence-electron chi connectivity index (χ1n) is 5.40. The van der Waals surface area contributed by atoms with Crippen LogP contribution in [0.4, 0.5) is 0 Å². The topological polar surface area (TPSA) is 26.3 Å². The number of benzene rings is 1. The summed E-state index contributed by atoms with van der Waals surface area (Å²) in [5, 5.41) is 0. The highest BCUT2D eigenvalue weighted by Crippen LogP contribution is 2.14. The smallest absolute Gasteiger partial charge is 0.177 e. The van der Waals surface area contributed by atoms with Crippen LogP contribution in [0.2, 0.25) is 0 Å². The van der Waals surface area contributed by atoms with E-state index in [0.29, 0.717) is 0 Å². The summed E-state index contributed by atoms with van der Waals surface area (Å²) >= 11 is 0. The first-order chi connectivity index (χ1) is 7.86. The largest absolute Gasteiger partial charge is 0.486 e. The molecule has 0 spiro atoms. The molecule has 82 valence electrons. The maximum absolute atomic E-state index is 11.8. The van der Waals surface area contributed by atoms with Crippen LogP contribution in [0.5, 0.6) is 5.75 Å². The van der Waals surface area contributed by atoms with Crippen molar-refractivity contribution in [1.29, 1.82) is 0 Å². The van der Waals surface area contributed by atoms with Crippen LogP contribution in [-0.4, -0.2) is 12.4 Å². The van der Waals surface area contributed by atoms with Crippen LogP contribution < -0.4 is 4.74 Å². The van der Waals surface area contributed by atoms with Gasteiger partial charge in [0.05, 0.1) is 0 Å². The van der Waals surface area contributed by atoms with Crippen LogP contribution in [-0.2, 0) is 4.79 Å². The molecule has 1 unspecified atom stereocenters. The minimum atomic E-state index is -0.0197. The van der Waals surface area contributed by atoms with E-state index in [-0.39, 0.29) is 18.3 Å². The number of rotatable bonds is 4. The van der Waals surface area contributed by atoms with Gasteiger partial charge in [-0.05, 0) is 18.6 Å². The third-order valence-corrected chi connectivity index (χ3v) is 2.52. The lowest BCUT2D eigenvalue weighted by molar-refractivity contribution is -0.123. The van der Waals surface area contributed by atoms with Gasteiger partial charge < -0.3 is 4.74 Å². The highest BCUT2D eigenvalue weighted by molar-refractivity contribution is 5.84. The van der Waals surface area contributed by atoms with E-state index in [4.69, 9.17) is 4.74 Å². The Labute approximate surface area is 95.2 Å². The number of Topliss-reactive ketones (excluding diaryl/α,β-unsaturated/α-hetero) is 1. The zero-order valence-electron chi connectivity index (χ0n) is 9.00. The van der Waals surface area contributed by atoms with Crippen LogP contribution >= 0.6 is 0 Å². The van der Waals surface area contributed by atoms with Crippen molar-refractivity contribution in [2.75, 3.05) is 6.61 Å². The van der Waals surface area contributed by atoms with Crippen molar-refractivity contribution < 1.29 is 9.53 Å². The van der Waals surface area contributed by atoms with Crippen LogP contribution in [0.3, 0.4) is 0 Å². The summed E-state index contributed by atoms with van der Waals surface area (Å²) in [7, 11) is 0. The predicted octanol–water partition coefficient (Wildman–Crippen LogP) is 2.77. The van der Waals surface area contributed by atoms with Gasteiger partial charge in [0, 0.05) is 5.92 Å². The Morgan fingerprint density at radius 1 is 1.25 bits per heavy atom. The van der Waals surface area contributed by atoms with Crippen molar-refractivity contribution in [2.24, 2.45) is 5.92 Å². The molecule has 0 aromatic heterocycles. The van der Waals surface area contributed by atoms with E-state index < -0.39 is 0 Å². The number of allylic oxidation sites excluding steroid dienone is 4. The van der Waals surface area contributed by atoms with Crippen molar-refractivity contribution in [3.8, 4) is 5.75 Å². The minimum Gasteiger partial charge on any atom is -0.486 e. The zero-order valence-corrected chi connectivity index (χ0v) is 9.00. The van der Waals surface area contributed by atoms with Crippen LogP contribution in [0.15, 0.2) is 54.6 Å². The lowest BCUT2D eigenvalue weighted by Crippen LogP contribution is -2.20. The van der Waals surface area contributed by atoms with Gasteiger partial charge in [0.25, 0.3) is 0 Å². The van der Waals surface area contributed by atoms with Gasteiger partial charge in [-0.1, -0.05) is 42.5 Å². The Balaban J connectivity index is 1.84. The second-order valence-electron chi connectivity index (χ2n) is 3.72. The summed E-state index contributed by atoms with van der Waals surface area (Å²) < 4.78 is 5.41. The third kappa shape index (κ3) is 2.83. The molecule has 0 heterocycles. The standard InChI is InChI=1S/C14H14O2/c15-14(12-7-3-1-4-8-12)11-16-13-9-5-2-6-10-13/h1-7,9-10,12H,8,11H2. The van der Waals surface area contributed by atoms with Crippen LogP contribution in [0.1, 0.15) is 6.42 Å². The molecule has 0 saturated heterocycles. The highest BCUT2D eigenvalue weighted by Gasteiger charge is 2.15. The molecule has 0 saturated carbocycles. The van der Waals surface area contributed by atoms with Crippen molar-refractivity contribution in [3.05, 3.63) is 54.6 Å². The summed E-state index contributed by atoms with van der Waals surface area (Å²) in [4.78, 5) is 11.8. The van der Waals surface area contributed by atoms with Gasteiger partial charge >= 0.3 is 0 Å². The van der Waals surface area contributed by atoms with Crippen LogP contribution in [0, 0.1) is 5.92 Å². The molecule has 2 heteroatoms. The van der Waals surface area contributed by atoms with Crippen molar-refractivity contribution in [2.45, 2.75) is 6.42 Å². The molecule has 0 fully saturated rings. The van der Waals surface area contributed by atoms with E-state index in [0.717, 1.165) is 12.2 Å². The van der Waals surface area contributed by atoms with Gasteiger partial charge in [-0.3, -0.25) is 4.79 Å². The molecule has 0 aliphatic heterocycles. The number of hydrogen-bond donors (Lipinski definition) is 0. The fraction of sp³-hybridized carbons (Fsp3) is 0.214. The highest BCUT2D eigenvalue weighted by atomic mass is 16.5. The quantitative estimate of drug-likeness (QED) is 0.770. The Bertz CT molecular complexity index is 404. The number of carbonyl (C=O) groups is 1. The summed E-state index contributed by atoms with van der Waals surface area (Å²) in [6, 6.07) is 9.41. The molecule has 0 N–H and O–H groups in total. The molecular formula is C14H14O2. The van der Waals surface area contributed by atoms with Crippen molar-refractivity contribution >= 4 is 5.78 Å². The fourth-order valence-corrected chi connectivity index (χ4v) is 1.60. The Morgan fingerprint density at radius 3 is 2.75 bits per heavy atom. The van der Waals surface area contributed by atoms with Gasteiger partial charge in [0.1, 0.15) is 12.4 Å². The molecule has 2 nitrogen and oxygen atoms in total. The van der Waals surface area contributed by atoms with E-state index in [1.54, 1.807) is 0 Å². The van der Waals surface area contributed by atoms with Gasteiger partial charge in [0.15, 0.2) is 5.78 Å². The Kier molecular flexibility index (Phi) is 3.54. The first-order valence-corrected chi connectivity index (χ1v) is 5.40. The summed E-state index contributed by atoms with van der Waals surface area (Å²) in [5.41, 5.74) is 0. The average molecular weight is 214 g/mol. The normalized spacial score (nSPS) is 18.4. The van der Waals surface area contributed by atoms with Crippen molar-refractivity contribution in [3.63, 3.8) is 0 Å². The number of ether oxygens (including phenoxy) is 1. The van der Waals surface area contributed by atoms with E-state index in [1.807, 2.05) is 54.6 Å². The lowest BCUT2D eigenvalue weighted by Gasteiger charge is -2.12.